The number of imidazole rings is 1. The van der Waals surface area contributed by atoms with Crippen molar-refractivity contribution >= 4 is 61.4 Å². The number of carbonyl (C=O) groups is 4. The zero-order chi connectivity index (χ0) is 55.5. The van der Waals surface area contributed by atoms with Crippen molar-refractivity contribution in [2.45, 2.75) is 55.8 Å². The Morgan fingerprint density at radius 1 is 0.805 bits per heavy atom. The summed E-state index contributed by atoms with van der Waals surface area (Å²) in [5.74, 6) is -3.43. The van der Waals surface area contributed by atoms with Gasteiger partial charge in [0, 0.05) is 63.6 Å². The third kappa shape index (κ3) is 13.8. The van der Waals surface area contributed by atoms with Crippen LogP contribution in [0.4, 0.5) is 5.95 Å². The number of aliphatic carboxylic acids is 1. The van der Waals surface area contributed by atoms with Gasteiger partial charge in [0.15, 0.2) is 0 Å². The molecule has 5 aromatic carbocycles. The molecule has 0 radical (unpaired) electrons. The van der Waals surface area contributed by atoms with Crippen LogP contribution in [0.5, 0.6) is 5.75 Å². The molecule has 11 N–H and O–H groups in total. The number of nitrogens with zero attached hydrogens (tertiary/aromatic N) is 3. The van der Waals surface area contributed by atoms with E-state index < -0.39 is 74.0 Å². The van der Waals surface area contributed by atoms with Gasteiger partial charge in [-0.2, -0.15) is 4.72 Å². The molecule has 0 unspecified atom stereocenters. The van der Waals surface area contributed by atoms with Crippen molar-refractivity contribution in [3.63, 3.8) is 0 Å². The van der Waals surface area contributed by atoms with E-state index in [-0.39, 0.29) is 65.4 Å². The predicted octanol–water partition coefficient (Wildman–Crippen LogP) is 4.91. The fourth-order valence-corrected chi connectivity index (χ4v) is 11.4. The van der Waals surface area contributed by atoms with E-state index >= 15 is 0 Å². The summed E-state index contributed by atoms with van der Waals surface area (Å²) in [6, 6.07) is 35.5. The number of hydrogen-bond donors (Lipinski definition) is 10. The maximum absolute atomic E-state index is 13.9. The summed E-state index contributed by atoms with van der Waals surface area (Å²) in [6.07, 6.45) is 5.35. The van der Waals surface area contributed by atoms with Gasteiger partial charge in [-0.25, -0.2) is 13.4 Å². The lowest BCUT2D eigenvalue weighted by Crippen LogP contribution is -2.49. The highest BCUT2D eigenvalue weighted by Gasteiger charge is 2.40. The van der Waals surface area contributed by atoms with Crippen LogP contribution in [-0.2, 0) is 43.5 Å². The van der Waals surface area contributed by atoms with Gasteiger partial charge >= 0.3 is 5.97 Å². The highest BCUT2D eigenvalue weighted by atomic mass is 32.3. The number of nitrogens with one attached hydrogen (secondary N) is 5. The number of sulfonamides is 1. The van der Waals surface area contributed by atoms with Crippen LogP contribution in [-0.4, -0.2) is 109 Å². The quantitative estimate of drug-likeness (QED) is 0.0269. The lowest BCUT2D eigenvalue weighted by molar-refractivity contribution is -0.138. The first kappa shape index (κ1) is 56.8. The number of carboxylic acids is 1. The molecule has 406 valence electrons. The van der Waals surface area contributed by atoms with Gasteiger partial charge in [0.25, 0.3) is 5.91 Å². The SMILES string of the molecule is Cc1cc(OCCCC(=O)NCCNC(=O)[C@@H](N)CS(O)(O)O)cc(C)c1S(=O)(=O)N[C@@H](CNC(=O)c1cn(C)c2cc(CNc3nccn3C(c3ccccc3)(c3ccccc3)c3ccccc3)ccc2c1=O)C(=O)O. The first-order valence-electron chi connectivity index (χ1n) is 24.3. The molecular weight excluding hydrogens is 1030 g/mol. The molecule has 3 amide bonds. The number of pyridine rings is 1. The number of benzene rings is 5. The monoisotopic (exact) mass is 1090 g/mol. The number of carbonyl (C=O) groups excluding carboxylic acids is 3. The van der Waals surface area contributed by atoms with Crippen molar-refractivity contribution in [1.29, 1.82) is 0 Å². The number of fused-ring (bicyclic) bond motifs is 1. The van der Waals surface area contributed by atoms with Crippen molar-refractivity contribution in [3.8, 4) is 5.75 Å². The molecule has 0 bridgehead atoms. The van der Waals surface area contributed by atoms with E-state index in [4.69, 9.17) is 29.1 Å². The Morgan fingerprint density at radius 2 is 1.39 bits per heavy atom. The summed E-state index contributed by atoms with van der Waals surface area (Å²) in [6.45, 7) is 2.73. The Hall–Kier alpha value is -7.90. The van der Waals surface area contributed by atoms with E-state index in [9.17, 15) is 37.5 Å². The second-order valence-electron chi connectivity index (χ2n) is 18.2. The second-order valence-corrected chi connectivity index (χ2v) is 21.5. The number of aryl methyl sites for hydroxylation is 3. The van der Waals surface area contributed by atoms with Gasteiger partial charge in [0.05, 0.1) is 39.7 Å². The van der Waals surface area contributed by atoms with Crippen LogP contribution in [0.2, 0.25) is 0 Å². The average Bonchev–Trinajstić information content (AvgIpc) is 4.02. The number of carboxylic acid groups (broad SMARTS) is 1. The third-order valence-electron chi connectivity index (χ3n) is 12.6. The van der Waals surface area contributed by atoms with Gasteiger partial charge in [0.2, 0.25) is 33.2 Å². The summed E-state index contributed by atoms with van der Waals surface area (Å²) in [5.41, 5.74) is 8.65. The highest BCUT2D eigenvalue weighted by Crippen LogP contribution is 2.42. The molecule has 0 aliphatic carbocycles. The van der Waals surface area contributed by atoms with Crippen molar-refractivity contribution in [2.75, 3.05) is 37.3 Å². The zero-order valence-electron chi connectivity index (χ0n) is 42.4. The molecule has 23 heteroatoms. The van der Waals surface area contributed by atoms with E-state index in [1.54, 1.807) is 29.9 Å². The zero-order valence-corrected chi connectivity index (χ0v) is 44.0. The molecular formula is C54H61N9O12S2. The van der Waals surface area contributed by atoms with Crippen LogP contribution in [0.1, 0.15) is 56.6 Å². The van der Waals surface area contributed by atoms with Gasteiger partial charge in [-0.1, -0.05) is 97.1 Å². The van der Waals surface area contributed by atoms with Crippen molar-refractivity contribution in [3.05, 3.63) is 189 Å². The van der Waals surface area contributed by atoms with Crippen LogP contribution in [0, 0.1) is 13.8 Å². The molecule has 0 aliphatic rings. The minimum Gasteiger partial charge on any atom is -0.494 e. The number of rotatable bonds is 25. The molecule has 77 heavy (non-hydrogen) atoms. The molecule has 0 saturated heterocycles. The number of amides is 3. The molecule has 7 aromatic rings. The Bertz CT molecular complexity index is 3290. The van der Waals surface area contributed by atoms with Gasteiger partial charge in [-0.15, -0.1) is 0 Å². The molecule has 0 spiro atoms. The summed E-state index contributed by atoms with van der Waals surface area (Å²) >= 11 is 0. The second kappa shape index (κ2) is 24.8. The minimum absolute atomic E-state index is 0.00218. The summed E-state index contributed by atoms with van der Waals surface area (Å²) in [5, 5.41) is 21.2. The number of ether oxygens (including phenoxy) is 1. The standard InChI is InChI=1S/C54H61N9O12S2/c1-35-28-41(75-27-13-20-47(64)56-23-24-57-51(67)44(55)34-76(70,71)72)29-36(2)49(35)77(73,74)61-45(52(68)69)32-59-50(66)43-33-62(3)46-30-37(21-22-42(46)48(43)65)31-60-53-58-25-26-63(53)54(38-14-7-4-8-15-38,39-16-9-5-10-17-39)40-18-11-6-12-19-40/h4-12,14-19,21-22,25-26,28-30,33,44-45,61,70-72H,13,20,23-24,27,31-32,34,55H2,1-3H3,(H,56,64)(H,57,67)(H,58,60)(H,59,66)(H,68,69)/t44-,45-/m0/s1. The molecule has 7 rings (SSSR count). The molecule has 0 fully saturated rings. The van der Waals surface area contributed by atoms with E-state index in [2.05, 4.69) is 67.0 Å². The Labute approximate surface area is 446 Å². The predicted molar refractivity (Wildman–Crippen MR) is 292 cm³/mol. The van der Waals surface area contributed by atoms with E-state index in [1.807, 2.05) is 66.9 Å². The maximum atomic E-state index is 13.9. The fourth-order valence-electron chi connectivity index (χ4n) is 9.12. The van der Waals surface area contributed by atoms with Crippen molar-refractivity contribution in [2.24, 2.45) is 12.8 Å². The van der Waals surface area contributed by atoms with Crippen molar-refractivity contribution < 1.29 is 51.1 Å². The smallest absolute Gasteiger partial charge is 0.323 e. The maximum Gasteiger partial charge on any atom is 0.323 e. The summed E-state index contributed by atoms with van der Waals surface area (Å²) < 4.78 is 66.2. The minimum atomic E-state index is -4.51. The Morgan fingerprint density at radius 3 is 1.96 bits per heavy atom. The van der Waals surface area contributed by atoms with Crippen LogP contribution < -0.4 is 41.9 Å². The van der Waals surface area contributed by atoms with E-state index in [0.717, 1.165) is 22.3 Å². The molecule has 0 aliphatic heterocycles. The first-order valence-corrected chi connectivity index (χ1v) is 27.5. The number of anilines is 1. The first-order chi connectivity index (χ1) is 36.7. The Balaban J connectivity index is 0.963. The number of aromatic nitrogens is 3. The number of hydrogen-bond acceptors (Lipinski definition) is 14. The lowest BCUT2D eigenvalue weighted by atomic mass is 9.76. The Kier molecular flexibility index (Phi) is 18.3. The van der Waals surface area contributed by atoms with Gasteiger partial charge in [-0.3, -0.25) is 28.5 Å². The largest absolute Gasteiger partial charge is 0.494 e. The van der Waals surface area contributed by atoms with Crippen LogP contribution >= 0.6 is 10.9 Å². The highest BCUT2D eigenvalue weighted by molar-refractivity contribution is 8.19. The normalized spacial score (nSPS) is 12.8. The molecule has 0 saturated carbocycles. The molecule has 21 nitrogen and oxygen atoms in total. The van der Waals surface area contributed by atoms with Gasteiger partial charge in [-0.05, 0) is 77.9 Å². The molecule has 2 aromatic heterocycles. The number of nitrogens with two attached hydrogens (primary N) is 1. The molecule has 2 heterocycles. The summed E-state index contributed by atoms with van der Waals surface area (Å²) in [7, 11) is -6.78. The lowest BCUT2D eigenvalue weighted by Gasteiger charge is -2.38. The van der Waals surface area contributed by atoms with E-state index in [1.165, 1.54) is 32.2 Å². The van der Waals surface area contributed by atoms with E-state index in [0.29, 0.717) is 23.8 Å². The van der Waals surface area contributed by atoms with Crippen LogP contribution in [0.3, 0.4) is 0 Å². The molecule has 2 atom stereocenters. The van der Waals surface area contributed by atoms with Crippen LogP contribution in [0.25, 0.3) is 10.9 Å². The summed E-state index contributed by atoms with van der Waals surface area (Å²) in [4.78, 5) is 68.6. The van der Waals surface area contributed by atoms with Crippen LogP contribution in [0.15, 0.2) is 150 Å². The van der Waals surface area contributed by atoms with Gasteiger partial charge in [0.1, 0.15) is 22.9 Å². The third-order valence-corrected chi connectivity index (χ3v) is 15.2. The van der Waals surface area contributed by atoms with Gasteiger partial charge < -0.3 is 55.1 Å². The average molecular weight is 1090 g/mol. The fraction of sp³-hybridized carbons (Fsp3) is 0.259. The topological polar surface area (TPSA) is 319 Å². The van der Waals surface area contributed by atoms with Crippen molar-refractivity contribution in [1.82, 2.24) is 34.8 Å².